The lowest BCUT2D eigenvalue weighted by Gasteiger charge is -2.09. The third-order valence-electron chi connectivity index (χ3n) is 2.65. The molecule has 0 bridgehead atoms. The summed E-state index contributed by atoms with van der Waals surface area (Å²) in [5.74, 6) is 0. The van der Waals surface area contributed by atoms with Crippen molar-refractivity contribution in [3.63, 3.8) is 0 Å². The van der Waals surface area contributed by atoms with E-state index in [2.05, 4.69) is 55.9 Å². The molecule has 0 atom stereocenters. The van der Waals surface area contributed by atoms with E-state index >= 15 is 0 Å². The molecule has 0 aliphatic rings. The molecule has 1 aromatic carbocycles. The van der Waals surface area contributed by atoms with E-state index in [4.69, 9.17) is 0 Å². The number of halogens is 2. The Morgan fingerprint density at radius 1 is 1.31 bits per heavy atom. The molecule has 1 nitrogen and oxygen atoms in total. The number of nitrogens with zero attached hydrogens (tertiary/aromatic N) is 1. The maximum Gasteiger partial charge on any atom is 0.0855 e. The molecule has 1 aromatic heterocycles. The van der Waals surface area contributed by atoms with E-state index in [0.29, 0.717) is 0 Å². The average Bonchev–Trinajstić information content (AvgIpc) is 2.32. The molecular weight excluding hydrogens is 330 g/mol. The highest BCUT2D eigenvalue weighted by atomic mass is 79.9. The topological polar surface area (TPSA) is 12.9 Å². The first kappa shape index (κ1) is 12.1. The third-order valence-corrected chi connectivity index (χ3v) is 4.19. The smallest absolute Gasteiger partial charge is 0.0855 e. The minimum Gasteiger partial charge on any atom is -0.255 e. The standard InChI is InChI=1S/C13H13Br2N/c1-2-3-5-9-8-11(14)13-10(12(9)15)6-4-7-16-13/h4,6-8H,2-3,5H2,1H3. The summed E-state index contributed by atoms with van der Waals surface area (Å²) in [6.07, 6.45) is 5.37. The van der Waals surface area contributed by atoms with Crippen molar-refractivity contribution in [1.29, 1.82) is 0 Å². The highest BCUT2D eigenvalue weighted by molar-refractivity contribution is 9.11. The van der Waals surface area contributed by atoms with E-state index in [0.717, 1.165) is 16.4 Å². The van der Waals surface area contributed by atoms with Crippen molar-refractivity contribution in [1.82, 2.24) is 4.98 Å². The summed E-state index contributed by atoms with van der Waals surface area (Å²) in [7, 11) is 0. The van der Waals surface area contributed by atoms with Gasteiger partial charge in [-0.25, -0.2) is 0 Å². The Balaban J connectivity index is 2.56. The van der Waals surface area contributed by atoms with E-state index in [1.807, 2.05) is 12.3 Å². The lowest BCUT2D eigenvalue weighted by atomic mass is 10.1. The van der Waals surface area contributed by atoms with Gasteiger partial charge >= 0.3 is 0 Å². The Hall–Kier alpha value is -0.410. The fourth-order valence-electron chi connectivity index (χ4n) is 1.78. The van der Waals surface area contributed by atoms with Gasteiger partial charge in [-0.05, 0) is 62.4 Å². The molecular formula is C13H13Br2N. The van der Waals surface area contributed by atoms with Gasteiger partial charge < -0.3 is 0 Å². The summed E-state index contributed by atoms with van der Waals surface area (Å²) in [5, 5.41) is 1.18. The van der Waals surface area contributed by atoms with Crippen molar-refractivity contribution in [2.24, 2.45) is 0 Å². The van der Waals surface area contributed by atoms with E-state index < -0.39 is 0 Å². The van der Waals surface area contributed by atoms with Gasteiger partial charge in [0.15, 0.2) is 0 Å². The van der Waals surface area contributed by atoms with Gasteiger partial charge in [0.1, 0.15) is 0 Å². The van der Waals surface area contributed by atoms with Gasteiger partial charge in [0.2, 0.25) is 0 Å². The number of fused-ring (bicyclic) bond motifs is 1. The maximum atomic E-state index is 4.39. The molecule has 3 heteroatoms. The highest BCUT2D eigenvalue weighted by Gasteiger charge is 2.08. The van der Waals surface area contributed by atoms with Crippen molar-refractivity contribution in [2.45, 2.75) is 26.2 Å². The van der Waals surface area contributed by atoms with E-state index in [1.165, 1.54) is 28.3 Å². The molecule has 0 fully saturated rings. The Morgan fingerprint density at radius 3 is 2.88 bits per heavy atom. The van der Waals surface area contributed by atoms with Crippen molar-refractivity contribution in [3.8, 4) is 0 Å². The van der Waals surface area contributed by atoms with Crippen LogP contribution in [0.2, 0.25) is 0 Å². The van der Waals surface area contributed by atoms with Crippen LogP contribution in [-0.4, -0.2) is 4.98 Å². The number of hydrogen-bond acceptors (Lipinski definition) is 1. The number of unbranched alkanes of at least 4 members (excludes halogenated alkanes) is 1. The van der Waals surface area contributed by atoms with Crippen LogP contribution < -0.4 is 0 Å². The summed E-state index contributed by atoms with van der Waals surface area (Å²) in [6, 6.07) is 6.25. The van der Waals surface area contributed by atoms with Gasteiger partial charge in [-0.15, -0.1) is 0 Å². The zero-order valence-corrected chi connectivity index (χ0v) is 12.3. The van der Waals surface area contributed by atoms with Gasteiger partial charge in [0.25, 0.3) is 0 Å². The summed E-state index contributed by atoms with van der Waals surface area (Å²) >= 11 is 7.28. The average molecular weight is 343 g/mol. The second kappa shape index (κ2) is 5.28. The minimum atomic E-state index is 1.02. The second-order valence-electron chi connectivity index (χ2n) is 3.83. The number of hydrogen-bond donors (Lipinski definition) is 0. The van der Waals surface area contributed by atoms with Gasteiger partial charge in [-0.2, -0.15) is 0 Å². The molecule has 0 amide bonds. The maximum absolute atomic E-state index is 4.39. The molecule has 0 N–H and O–H groups in total. The van der Waals surface area contributed by atoms with E-state index in [-0.39, 0.29) is 0 Å². The predicted octanol–water partition coefficient (Wildman–Crippen LogP) is 5.10. The normalized spacial score (nSPS) is 10.9. The first-order valence-electron chi connectivity index (χ1n) is 5.45. The number of benzene rings is 1. The first-order valence-corrected chi connectivity index (χ1v) is 7.04. The van der Waals surface area contributed by atoms with Gasteiger partial charge in [-0.1, -0.05) is 19.4 Å². The van der Waals surface area contributed by atoms with Gasteiger partial charge in [0, 0.05) is 20.5 Å². The molecule has 1 heterocycles. The summed E-state index contributed by atoms with van der Waals surface area (Å²) in [5.41, 5.74) is 2.38. The molecule has 2 rings (SSSR count). The van der Waals surface area contributed by atoms with Crippen LogP contribution in [0.5, 0.6) is 0 Å². The number of aryl methyl sites for hydroxylation is 1. The zero-order valence-electron chi connectivity index (χ0n) is 9.13. The van der Waals surface area contributed by atoms with Crippen molar-refractivity contribution in [2.75, 3.05) is 0 Å². The Labute approximate surface area is 113 Å². The second-order valence-corrected chi connectivity index (χ2v) is 5.48. The molecule has 0 radical (unpaired) electrons. The Morgan fingerprint density at radius 2 is 2.12 bits per heavy atom. The molecule has 84 valence electrons. The summed E-state index contributed by atoms with van der Waals surface area (Å²) in [4.78, 5) is 4.39. The van der Waals surface area contributed by atoms with Gasteiger partial charge in [-0.3, -0.25) is 4.98 Å². The highest BCUT2D eigenvalue weighted by Crippen LogP contribution is 2.32. The van der Waals surface area contributed by atoms with Crippen LogP contribution in [0.1, 0.15) is 25.3 Å². The largest absolute Gasteiger partial charge is 0.255 e. The number of pyridine rings is 1. The first-order chi connectivity index (χ1) is 7.74. The van der Waals surface area contributed by atoms with Crippen molar-refractivity contribution < 1.29 is 0 Å². The van der Waals surface area contributed by atoms with Crippen LogP contribution in [0.4, 0.5) is 0 Å². The fourth-order valence-corrected chi connectivity index (χ4v) is 3.00. The lowest BCUT2D eigenvalue weighted by Crippen LogP contribution is -1.90. The molecule has 2 aromatic rings. The molecule has 0 aliphatic heterocycles. The Kier molecular flexibility index (Phi) is 3.98. The third kappa shape index (κ3) is 2.30. The molecule has 0 unspecified atom stereocenters. The van der Waals surface area contributed by atoms with Crippen LogP contribution in [-0.2, 0) is 6.42 Å². The number of aromatic nitrogens is 1. The molecule has 0 aliphatic carbocycles. The minimum absolute atomic E-state index is 1.02. The van der Waals surface area contributed by atoms with Crippen LogP contribution in [0.3, 0.4) is 0 Å². The van der Waals surface area contributed by atoms with Gasteiger partial charge in [0.05, 0.1) is 5.52 Å². The van der Waals surface area contributed by atoms with Crippen molar-refractivity contribution >= 4 is 42.8 Å². The van der Waals surface area contributed by atoms with Crippen LogP contribution in [0.25, 0.3) is 10.9 Å². The van der Waals surface area contributed by atoms with E-state index in [9.17, 15) is 0 Å². The summed E-state index contributed by atoms with van der Waals surface area (Å²) in [6.45, 7) is 2.21. The van der Waals surface area contributed by atoms with Crippen LogP contribution >= 0.6 is 31.9 Å². The monoisotopic (exact) mass is 341 g/mol. The summed E-state index contributed by atoms with van der Waals surface area (Å²) < 4.78 is 2.27. The molecule has 16 heavy (non-hydrogen) atoms. The molecule has 0 saturated carbocycles. The zero-order chi connectivity index (χ0) is 11.5. The predicted molar refractivity (Wildman–Crippen MR) is 75.8 cm³/mol. The van der Waals surface area contributed by atoms with Crippen molar-refractivity contribution in [3.05, 3.63) is 38.9 Å². The fraction of sp³-hybridized carbons (Fsp3) is 0.308. The SMILES string of the molecule is CCCCc1cc(Br)c2ncccc2c1Br. The van der Waals surface area contributed by atoms with Crippen LogP contribution in [0.15, 0.2) is 33.3 Å². The van der Waals surface area contributed by atoms with E-state index in [1.54, 1.807) is 0 Å². The Bertz CT molecular complexity index is 509. The quantitative estimate of drug-likeness (QED) is 0.755. The lowest BCUT2D eigenvalue weighted by molar-refractivity contribution is 0.793. The molecule has 0 saturated heterocycles. The molecule has 0 spiro atoms. The van der Waals surface area contributed by atoms with Crippen LogP contribution in [0, 0.1) is 0 Å². The number of rotatable bonds is 3.